The highest BCUT2D eigenvalue weighted by molar-refractivity contribution is 7.25. The zero-order valence-corrected chi connectivity index (χ0v) is 34.0. The Morgan fingerprint density at radius 3 is 1.53 bits per heavy atom. The predicted octanol–water partition coefficient (Wildman–Crippen LogP) is 16.1. The normalized spacial score (nSPS) is 20.5. The number of hydrogen-bond acceptors (Lipinski definition) is 3. The summed E-state index contributed by atoms with van der Waals surface area (Å²) in [6, 6.07) is 66.4. The first-order valence-corrected chi connectivity index (χ1v) is 22.5. The van der Waals surface area contributed by atoms with Gasteiger partial charge in [0.15, 0.2) is 0 Å². The Hall–Kier alpha value is -5.64. The molecule has 1 aromatic heterocycles. The Labute approximate surface area is 347 Å². The van der Waals surface area contributed by atoms with Crippen LogP contribution in [0.15, 0.2) is 176 Å². The van der Waals surface area contributed by atoms with Gasteiger partial charge in [-0.2, -0.15) is 0 Å². The largest absolute Gasteiger partial charge is 0.311 e. The maximum absolute atomic E-state index is 2.49. The zero-order chi connectivity index (χ0) is 38.5. The Balaban J connectivity index is 0.979. The van der Waals surface area contributed by atoms with Gasteiger partial charge in [0.25, 0.3) is 0 Å². The van der Waals surface area contributed by atoms with Gasteiger partial charge in [0.2, 0.25) is 0 Å². The van der Waals surface area contributed by atoms with Crippen molar-refractivity contribution in [1.29, 1.82) is 0 Å². The van der Waals surface area contributed by atoms with Gasteiger partial charge in [0.1, 0.15) is 0 Å². The van der Waals surface area contributed by atoms with Gasteiger partial charge in [-0.1, -0.05) is 117 Å². The molecule has 3 saturated carbocycles. The van der Waals surface area contributed by atoms with E-state index in [1.165, 1.54) is 129 Å². The fourth-order valence-corrected chi connectivity index (χ4v) is 12.3. The van der Waals surface area contributed by atoms with Gasteiger partial charge < -0.3 is 9.80 Å². The molecule has 0 amide bonds. The monoisotopic (exact) mass is 770 g/mol. The molecule has 11 rings (SSSR count). The highest BCUT2D eigenvalue weighted by atomic mass is 32.1. The highest BCUT2D eigenvalue weighted by Crippen LogP contribution is 2.60. The molecule has 2 nitrogen and oxygen atoms in total. The molecule has 7 aromatic carbocycles. The molecule has 0 saturated heterocycles. The number of para-hydroxylation sites is 2. The molecule has 2 bridgehead atoms. The van der Waals surface area contributed by atoms with Gasteiger partial charge in [-0.05, 0) is 151 Å². The first kappa shape index (κ1) is 35.5. The molecular weight excluding hydrogens is 721 g/mol. The summed E-state index contributed by atoms with van der Waals surface area (Å²) < 4.78 is 2.69. The number of fused-ring (bicyclic) bond motifs is 5. The van der Waals surface area contributed by atoms with Crippen molar-refractivity contribution in [2.75, 3.05) is 9.80 Å². The molecule has 0 aliphatic heterocycles. The van der Waals surface area contributed by atoms with Gasteiger partial charge in [0.05, 0.1) is 0 Å². The Kier molecular flexibility index (Phi) is 9.15. The van der Waals surface area contributed by atoms with Gasteiger partial charge in [-0.15, -0.1) is 11.3 Å². The van der Waals surface area contributed by atoms with Crippen molar-refractivity contribution in [2.45, 2.75) is 69.1 Å². The molecule has 286 valence electrons. The lowest BCUT2D eigenvalue weighted by molar-refractivity contribution is 0.320. The van der Waals surface area contributed by atoms with E-state index in [2.05, 4.69) is 186 Å². The van der Waals surface area contributed by atoms with Crippen molar-refractivity contribution in [3.05, 3.63) is 193 Å². The second-order valence-corrected chi connectivity index (χ2v) is 18.3. The van der Waals surface area contributed by atoms with Crippen molar-refractivity contribution in [3.8, 4) is 0 Å². The molecule has 0 N–H and O–H groups in total. The van der Waals surface area contributed by atoms with Crippen LogP contribution in [0.2, 0.25) is 0 Å². The molecule has 3 atom stereocenters. The molecule has 3 aliphatic rings. The average molecular weight is 771 g/mol. The maximum atomic E-state index is 2.49. The van der Waals surface area contributed by atoms with E-state index < -0.39 is 0 Å². The second kappa shape index (κ2) is 14.9. The summed E-state index contributed by atoms with van der Waals surface area (Å²) in [5, 5.41) is 2.67. The van der Waals surface area contributed by atoms with Crippen LogP contribution in [-0.4, -0.2) is 0 Å². The lowest BCUT2D eigenvalue weighted by Crippen LogP contribution is -2.34. The van der Waals surface area contributed by atoms with Gasteiger partial charge in [-0.3, -0.25) is 0 Å². The number of rotatable bonds is 9. The van der Waals surface area contributed by atoms with Gasteiger partial charge in [-0.25, -0.2) is 0 Å². The summed E-state index contributed by atoms with van der Waals surface area (Å²) >= 11 is 1.89. The highest BCUT2D eigenvalue weighted by Gasteiger charge is 2.52. The topological polar surface area (TPSA) is 6.48 Å². The van der Waals surface area contributed by atoms with Crippen molar-refractivity contribution in [3.63, 3.8) is 0 Å². The summed E-state index contributed by atoms with van der Waals surface area (Å²) in [7, 11) is 0. The predicted molar refractivity (Wildman–Crippen MR) is 247 cm³/mol. The Bertz CT molecular complexity index is 2620. The van der Waals surface area contributed by atoms with Crippen LogP contribution in [0.4, 0.5) is 34.1 Å². The summed E-state index contributed by atoms with van der Waals surface area (Å²) in [4.78, 5) is 4.86. The smallest absolute Gasteiger partial charge is 0.0468 e. The number of hydrogen-bond donors (Lipinski definition) is 0. The van der Waals surface area contributed by atoms with Crippen LogP contribution < -0.4 is 9.80 Å². The van der Waals surface area contributed by atoms with Crippen molar-refractivity contribution < 1.29 is 0 Å². The molecule has 0 spiro atoms. The quantitative estimate of drug-likeness (QED) is 0.144. The van der Waals surface area contributed by atoms with E-state index in [0.717, 1.165) is 5.92 Å². The lowest BCUT2D eigenvalue weighted by Gasteiger charge is -2.40. The zero-order valence-electron chi connectivity index (χ0n) is 33.1. The summed E-state index contributed by atoms with van der Waals surface area (Å²) in [5.74, 6) is 2.14. The van der Waals surface area contributed by atoms with Gasteiger partial charge in [0, 0.05) is 59.7 Å². The average Bonchev–Trinajstić information content (AvgIpc) is 4.03. The first-order valence-electron chi connectivity index (χ1n) is 21.6. The van der Waals surface area contributed by atoms with E-state index in [1.54, 1.807) is 0 Å². The summed E-state index contributed by atoms with van der Waals surface area (Å²) in [5.41, 5.74) is 11.6. The molecule has 3 heteroatoms. The molecule has 58 heavy (non-hydrogen) atoms. The minimum Gasteiger partial charge on any atom is -0.311 e. The van der Waals surface area contributed by atoms with E-state index >= 15 is 0 Å². The molecule has 0 radical (unpaired) electrons. The fourth-order valence-electron chi connectivity index (χ4n) is 11.3. The molecule has 3 aliphatic carbocycles. The molecule has 1 heterocycles. The minimum atomic E-state index is 0.0191. The number of anilines is 6. The van der Waals surface area contributed by atoms with Crippen LogP contribution >= 0.6 is 11.3 Å². The van der Waals surface area contributed by atoms with Crippen LogP contribution in [0.1, 0.15) is 80.4 Å². The van der Waals surface area contributed by atoms with E-state index in [9.17, 15) is 0 Å². The number of thiophene rings is 1. The third-order valence-corrected chi connectivity index (χ3v) is 15.2. The summed E-state index contributed by atoms with van der Waals surface area (Å²) in [6.07, 6.45) is 12.0. The SMILES string of the molecule is c1ccc(N(c2ccccc2)c2ccc(C3(c4ccc(N(c5ccc(C6CCCCC6)cc5)c5ccc6sc7ccccc7c6c5)cc4)CC4CCC3C4)cc2)cc1. The first-order chi connectivity index (χ1) is 28.7. The maximum Gasteiger partial charge on any atom is 0.0468 e. The Morgan fingerprint density at radius 1 is 0.431 bits per heavy atom. The van der Waals surface area contributed by atoms with Gasteiger partial charge >= 0.3 is 0 Å². The molecule has 8 aromatic rings. The third-order valence-electron chi connectivity index (χ3n) is 14.0. The lowest BCUT2D eigenvalue weighted by atomic mass is 9.64. The third kappa shape index (κ3) is 6.23. The van der Waals surface area contributed by atoms with Crippen LogP contribution in [-0.2, 0) is 5.41 Å². The van der Waals surface area contributed by atoms with Crippen LogP contribution in [0.5, 0.6) is 0 Å². The second-order valence-electron chi connectivity index (χ2n) is 17.2. The minimum absolute atomic E-state index is 0.0191. The van der Waals surface area contributed by atoms with Crippen LogP contribution in [0.25, 0.3) is 20.2 Å². The van der Waals surface area contributed by atoms with Crippen molar-refractivity contribution >= 4 is 65.6 Å². The fraction of sp³-hybridized carbons (Fsp3) is 0.236. The van der Waals surface area contributed by atoms with E-state index in [4.69, 9.17) is 0 Å². The number of nitrogens with zero attached hydrogens (tertiary/aromatic N) is 2. The standard InChI is InChI=1S/C55H50N2S/c1-4-12-40(13-5-1)41-21-28-47(29-22-41)57(50-34-35-54-52(37-50)51-18-10-11-19-53(51)58-54)49-32-26-43(27-33-49)55(38-39-20-23-44(55)36-39)42-24-30-48(31-25-42)56(45-14-6-2-7-15-45)46-16-8-3-9-17-46/h2-3,6-11,14-19,21-22,24-35,37,39-40,44H,1,4-5,12-13,20,23,36,38H2. The van der Waals surface area contributed by atoms with Crippen molar-refractivity contribution in [2.24, 2.45) is 11.8 Å². The van der Waals surface area contributed by atoms with E-state index in [1.807, 2.05) is 11.3 Å². The Morgan fingerprint density at radius 2 is 0.948 bits per heavy atom. The van der Waals surface area contributed by atoms with Crippen LogP contribution in [0.3, 0.4) is 0 Å². The summed E-state index contributed by atoms with van der Waals surface area (Å²) in [6.45, 7) is 0. The molecule has 3 fully saturated rings. The van der Waals surface area contributed by atoms with E-state index in [-0.39, 0.29) is 5.41 Å². The molecule has 3 unspecified atom stereocenters. The number of benzene rings is 7. The van der Waals surface area contributed by atoms with E-state index in [0.29, 0.717) is 11.8 Å². The van der Waals surface area contributed by atoms with Crippen molar-refractivity contribution in [1.82, 2.24) is 0 Å². The molecular formula is C55H50N2S. The van der Waals surface area contributed by atoms with Crippen LogP contribution in [0, 0.1) is 11.8 Å².